The molecule has 0 saturated heterocycles. The van der Waals surface area contributed by atoms with E-state index < -0.39 is 28.5 Å². The van der Waals surface area contributed by atoms with Crippen LogP contribution in [0.25, 0.3) is 10.8 Å². The second-order valence-electron chi connectivity index (χ2n) is 8.21. The Morgan fingerprint density at radius 1 is 1.03 bits per heavy atom. The van der Waals surface area contributed by atoms with Crippen LogP contribution in [0.2, 0.25) is 0 Å². The number of carbonyl (C=O) groups is 2. The monoisotopic (exact) mass is 497 g/mol. The molecule has 0 spiro atoms. The fraction of sp³-hybridized carbons (Fsp3) is 0.308. The van der Waals surface area contributed by atoms with Crippen molar-refractivity contribution in [2.75, 3.05) is 30.8 Å². The topological polar surface area (TPSA) is 96.0 Å². The number of hydrogen-bond donors (Lipinski definition) is 1. The number of benzene rings is 3. The highest BCUT2D eigenvalue weighted by Crippen LogP contribution is 2.28. The normalized spacial score (nSPS) is 12.1. The molecule has 0 aliphatic heterocycles. The summed E-state index contributed by atoms with van der Waals surface area (Å²) >= 11 is 0. The van der Waals surface area contributed by atoms with Crippen LogP contribution >= 0.6 is 0 Å². The molecule has 0 aliphatic carbocycles. The molecule has 0 heterocycles. The molecule has 0 fully saturated rings. The van der Waals surface area contributed by atoms with E-state index in [9.17, 15) is 18.0 Å². The number of likely N-dealkylation sites (N-methyl/N-ethyl adjacent to an activating group) is 1. The van der Waals surface area contributed by atoms with Gasteiger partial charge in [0.15, 0.2) is 0 Å². The maximum absolute atomic E-state index is 13.6. The highest BCUT2D eigenvalue weighted by atomic mass is 32.2. The standard InChI is InChI=1S/C26H31N3O5S/c1-5-27-26(31)19(2)28(17-20-10-8-13-22(16-20)34-3)25(30)18-29(35(4,32)33)24-15-9-12-21-11-6-7-14-23(21)24/h6-16,19H,5,17-18H2,1-4H3,(H,27,31)/t19-/m1/s1. The van der Waals surface area contributed by atoms with Crippen LogP contribution in [-0.4, -0.2) is 57.6 Å². The molecule has 0 saturated carbocycles. The molecule has 3 rings (SSSR count). The van der Waals surface area contributed by atoms with Crippen molar-refractivity contribution in [2.45, 2.75) is 26.4 Å². The highest BCUT2D eigenvalue weighted by Gasteiger charge is 2.30. The molecule has 35 heavy (non-hydrogen) atoms. The highest BCUT2D eigenvalue weighted by molar-refractivity contribution is 7.92. The van der Waals surface area contributed by atoms with Gasteiger partial charge in [0.2, 0.25) is 21.8 Å². The number of nitrogens with one attached hydrogen (secondary N) is 1. The Hall–Kier alpha value is -3.59. The molecular weight excluding hydrogens is 466 g/mol. The largest absolute Gasteiger partial charge is 0.497 e. The van der Waals surface area contributed by atoms with Crippen molar-refractivity contribution in [3.05, 3.63) is 72.3 Å². The van der Waals surface area contributed by atoms with Crippen molar-refractivity contribution in [1.29, 1.82) is 0 Å². The molecule has 0 radical (unpaired) electrons. The number of carbonyl (C=O) groups excluding carboxylic acids is 2. The third kappa shape index (κ3) is 6.30. The van der Waals surface area contributed by atoms with E-state index in [1.165, 1.54) is 4.90 Å². The summed E-state index contributed by atoms with van der Waals surface area (Å²) in [6.07, 6.45) is 1.07. The number of rotatable bonds is 10. The Morgan fingerprint density at radius 2 is 1.71 bits per heavy atom. The molecule has 1 N–H and O–H groups in total. The maximum atomic E-state index is 13.6. The summed E-state index contributed by atoms with van der Waals surface area (Å²) in [5.74, 6) is -0.196. The summed E-state index contributed by atoms with van der Waals surface area (Å²) in [6, 6.07) is 19.1. The summed E-state index contributed by atoms with van der Waals surface area (Å²) < 4.78 is 32.1. The van der Waals surface area contributed by atoms with Gasteiger partial charge in [0, 0.05) is 18.5 Å². The molecule has 3 aromatic carbocycles. The summed E-state index contributed by atoms with van der Waals surface area (Å²) in [7, 11) is -2.26. The van der Waals surface area contributed by atoms with Crippen LogP contribution in [0.3, 0.4) is 0 Å². The fourth-order valence-corrected chi connectivity index (χ4v) is 4.75. The lowest BCUT2D eigenvalue weighted by Gasteiger charge is -2.31. The number of hydrogen-bond acceptors (Lipinski definition) is 5. The van der Waals surface area contributed by atoms with Crippen LogP contribution in [0.1, 0.15) is 19.4 Å². The second kappa shape index (κ2) is 11.2. The van der Waals surface area contributed by atoms with Crippen molar-refractivity contribution in [1.82, 2.24) is 10.2 Å². The van der Waals surface area contributed by atoms with Gasteiger partial charge in [0.1, 0.15) is 18.3 Å². The molecular formula is C26H31N3O5S. The van der Waals surface area contributed by atoms with Gasteiger partial charge in [-0.15, -0.1) is 0 Å². The van der Waals surface area contributed by atoms with E-state index >= 15 is 0 Å². The van der Waals surface area contributed by atoms with Gasteiger partial charge in [-0.25, -0.2) is 8.42 Å². The van der Waals surface area contributed by atoms with Crippen molar-refractivity contribution in [3.63, 3.8) is 0 Å². The summed E-state index contributed by atoms with van der Waals surface area (Å²) in [6.45, 7) is 3.51. The first-order valence-electron chi connectivity index (χ1n) is 11.3. The van der Waals surface area contributed by atoms with Gasteiger partial charge >= 0.3 is 0 Å². The first kappa shape index (κ1) is 26.0. The van der Waals surface area contributed by atoms with Gasteiger partial charge in [0.05, 0.1) is 19.1 Å². The predicted molar refractivity (Wildman–Crippen MR) is 138 cm³/mol. The lowest BCUT2D eigenvalue weighted by atomic mass is 10.1. The smallest absolute Gasteiger partial charge is 0.244 e. The number of nitrogens with zero attached hydrogens (tertiary/aromatic N) is 2. The number of ether oxygens (including phenoxy) is 1. The zero-order valence-electron chi connectivity index (χ0n) is 20.4. The third-order valence-electron chi connectivity index (χ3n) is 5.72. The lowest BCUT2D eigenvalue weighted by Crippen LogP contribution is -2.51. The number of methoxy groups -OCH3 is 1. The van der Waals surface area contributed by atoms with Gasteiger partial charge in [-0.05, 0) is 43.0 Å². The number of amides is 2. The fourth-order valence-electron chi connectivity index (χ4n) is 3.89. The Morgan fingerprint density at radius 3 is 2.40 bits per heavy atom. The molecule has 0 bridgehead atoms. The Kier molecular flexibility index (Phi) is 8.34. The van der Waals surface area contributed by atoms with E-state index in [-0.39, 0.29) is 12.5 Å². The van der Waals surface area contributed by atoms with Gasteiger partial charge in [-0.3, -0.25) is 13.9 Å². The number of sulfonamides is 1. The minimum atomic E-state index is -3.81. The molecule has 8 nitrogen and oxygen atoms in total. The zero-order valence-corrected chi connectivity index (χ0v) is 21.2. The van der Waals surface area contributed by atoms with Crippen molar-refractivity contribution >= 4 is 38.3 Å². The van der Waals surface area contributed by atoms with E-state index in [1.54, 1.807) is 51.3 Å². The molecule has 9 heteroatoms. The van der Waals surface area contributed by atoms with Crippen LogP contribution in [0.5, 0.6) is 5.75 Å². The van der Waals surface area contributed by atoms with Crippen LogP contribution in [0.4, 0.5) is 5.69 Å². The van der Waals surface area contributed by atoms with E-state index in [0.717, 1.165) is 21.5 Å². The van der Waals surface area contributed by atoms with Gasteiger partial charge < -0.3 is 15.0 Å². The predicted octanol–water partition coefficient (Wildman–Crippen LogP) is 3.17. The molecule has 0 unspecified atom stereocenters. The summed E-state index contributed by atoms with van der Waals surface area (Å²) in [5.41, 5.74) is 1.16. The Labute approximate surface area is 206 Å². The minimum absolute atomic E-state index is 0.113. The van der Waals surface area contributed by atoms with Crippen molar-refractivity contribution in [2.24, 2.45) is 0 Å². The molecule has 3 aromatic rings. The quantitative estimate of drug-likeness (QED) is 0.464. The SMILES string of the molecule is CCNC(=O)[C@@H](C)N(Cc1cccc(OC)c1)C(=O)CN(c1cccc2ccccc12)S(C)(=O)=O. The molecule has 186 valence electrons. The van der Waals surface area contributed by atoms with E-state index in [4.69, 9.17) is 4.74 Å². The van der Waals surface area contributed by atoms with E-state index in [0.29, 0.717) is 23.4 Å². The van der Waals surface area contributed by atoms with Gasteiger partial charge in [-0.2, -0.15) is 0 Å². The van der Waals surface area contributed by atoms with E-state index in [2.05, 4.69) is 5.32 Å². The summed E-state index contributed by atoms with van der Waals surface area (Å²) in [4.78, 5) is 27.7. The Balaban J connectivity index is 2.00. The molecule has 2 amide bonds. The molecule has 1 atom stereocenters. The van der Waals surface area contributed by atoms with Crippen LogP contribution in [-0.2, 0) is 26.2 Å². The minimum Gasteiger partial charge on any atom is -0.497 e. The first-order valence-corrected chi connectivity index (χ1v) is 13.2. The molecule has 0 aliphatic rings. The zero-order chi connectivity index (χ0) is 25.6. The third-order valence-corrected chi connectivity index (χ3v) is 6.85. The summed E-state index contributed by atoms with van der Waals surface area (Å²) in [5, 5.41) is 4.31. The average Bonchev–Trinajstić information content (AvgIpc) is 2.84. The Bertz CT molecular complexity index is 1300. The van der Waals surface area contributed by atoms with Crippen molar-refractivity contribution < 1.29 is 22.7 Å². The number of fused-ring (bicyclic) bond motifs is 1. The number of anilines is 1. The van der Waals surface area contributed by atoms with Gasteiger partial charge in [0.25, 0.3) is 0 Å². The maximum Gasteiger partial charge on any atom is 0.244 e. The van der Waals surface area contributed by atoms with Crippen LogP contribution in [0, 0.1) is 0 Å². The average molecular weight is 498 g/mol. The van der Waals surface area contributed by atoms with E-state index in [1.807, 2.05) is 36.4 Å². The van der Waals surface area contributed by atoms with Crippen molar-refractivity contribution in [3.8, 4) is 5.75 Å². The second-order valence-corrected chi connectivity index (χ2v) is 10.1. The van der Waals surface area contributed by atoms with Gasteiger partial charge in [-0.1, -0.05) is 48.5 Å². The van der Waals surface area contributed by atoms with Crippen LogP contribution < -0.4 is 14.4 Å². The van der Waals surface area contributed by atoms with Crippen LogP contribution in [0.15, 0.2) is 66.7 Å². The first-order chi connectivity index (χ1) is 16.7. The molecule has 0 aromatic heterocycles. The lowest BCUT2D eigenvalue weighted by molar-refractivity contribution is -0.139.